The summed E-state index contributed by atoms with van der Waals surface area (Å²) in [6.07, 6.45) is 1.49. The molecule has 0 aliphatic rings. The van der Waals surface area contributed by atoms with Crippen LogP contribution in [-0.4, -0.2) is 38.4 Å². The van der Waals surface area contributed by atoms with E-state index in [1.165, 1.54) is 6.21 Å². The first-order valence-corrected chi connectivity index (χ1v) is 11.0. The average molecular weight is 472 g/mol. The van der Waals surface area contributed by atoms with E-state index in [4.69, 9.17) is 18.6 Å². The van der Waals surface area contributed by atoms with E-state index in [9.17, 15) is 9.59 Å². The van der Waals surface area contributed by atoms with Crippen LogP contribution in [0.1, 0.15) is 22.8 Å². The molecule has 8 heteroatoms. The van der Waals surface area contributed by atoms with Crippen LogP contribution in [0.5, 0.6) is 11.5 Å². The first kappa shape index (κ1) is 23.6. The van der Waals surface area contributed by atoms with Crippen molar-refractivity contribution in [2.24, 2.45) is 5.10 Å². The van der Waals surface area contributed by atoms with E-state index >= 15 is 0 Å². The number of hydrogen-bond donors (Lipinski definition) is 1. The molecule has 0 aliphatic carbocycles. The number of amides is 1. The maximum atomic E-state index is 12.8. The van der Waals surface area contributed by atoms with E-state index in [0.29, 0.717) is 33.8 Å². The predicted molar refractivity (Wildman–Crippen MR) is 132 cm³/mol. The maximum Gasteiger partial charge on any atom is 0.342 e. The SMILES string of the molecule is CCOC(=O)c1c(-c2ccccc2)oc2ccc(OCC(=O)NN=Cc3ccccc3OC)cc12. The van der Waals surface area contributed by atoms with E-state index in [-0.39, 0.29) is 13.2 Å². The van der Waals surface area contributed by atoms with Gasteiger partial charge in [-0.2, -0.15) is 5.10 Å². The monoisotopic (exact) mass is 472 g/mol. The minimum atomic E-state index is -0.495. The van der Waals surface area contributed by atoms with Gasteiger partial charge in [-0.15, -0.1) is 0 Å². The van der Waals surface area contributed by atoms with Gasteiger partial charge in [-0.3, -0.25) is 4.79 Å². The largest absolute Gasteiger partial charge is 0.496 e. The summed E-state index contributed by atoms with van der Waals surface area (Å²) in [5.74, 6) is 0.513. The predicted octanol–water partition coefficient (Wildman–Crippen LogP) is 4.81. The summed E-state index contributed by atoms with van der Waals surface area (Å²) in [4.78, 5) is 25.0. The molecule has 0 radical (unpaired) electrons. The van der Waals surface area contributed by atoms with Crippen molar-refractivity contribution in [2.75, 3.05) is 20.3 Å². The van der Waals surface area contributed by atoms with E-state index in [1.807, 2.05) is 48.5 Å². The minimum absolute atomic E-state index is 0.228. The normalized spacial score (nSPS) is 10.9. The standard InChI is InChI=1S/C27H24N2O6/c1-3-33-27(31)25-21-15-20(13-14-23(21)35-26(25)18-9-5-4-6-10-18)34-17-24(30)29-28-16-19-11-7-8-12-22(19)32-2/h4-16H,3,17H2,1-2H3,(H,29,30). The summed E-state index contributed by atoms with van der Waals surface area (Å²) < 4.78 is 22.1. The molecule has 1 amide bonds. The van der Waals surface area contributed by atoms with Crippen LogP contribution in [0.3, 0.4) is 0 Å². The zero-order valence-electron chi connectivity index (χ0n) is 19.3. The molecule has 1 aromatic heterocycles. The van der Waals surface area contributed by atoms with Crippen LogP contribution in [0.25, 0.3) is 22.3 Å². The number of nitrogens with zero attached hydrogens (tertiary/aromatic N) is 1. The molecule has 35 heavy (non-hydrogen) atoms. The third-order valence-corrected chi connectivity index (χ3v) is 5.08. The van der Waals surface area contributed by atoms with Crippen molar-refractivity contribution in [3.63, 3.8) is 0 Å². The highest BCUT2D eigenvalue weighted by Crippen LogP contribution is 2.36. The molecular weight excluding hydrogens is 448 g/mol. The van der Waals surface area contributed by atoms with Crippen LogP contribution in [0.4, 0.5) is 0 Å². The Hall–Kier alpha value is -4.59. The number of hydrazone groups is 1. The van der Waals surface area contributed by atoms with Crippen molar-refractivity contribution >= 4 is 29.1 Å². The summed E-state index contributed by atoms with van der Waals surface area (Å²) in [5.41, 5.74) is 4.71. The smallest absolute Gasteiger partial charge is 0.342 e. The molecule has 8 nitrogen and oxygen atoms in total. The second kappa shape index (κ2) is 11.0. The number of furan rings is 1. The van der Waals surface area contributed by atoms with Crippen molar-refractivity contribution in [2.45, 2.75) is 6.92 Å². The average Bonchev–Trinajstić information content (AvgIpc) is 3.27. The van der Waals surface area contributed by atoms with Gasteiger partial charge in [0.2, 0.25) is 0 Å². The molecule has 0 fully saturated rings. The number of hydrogen-bond acceptors (Lipinski definition) is 7. The number of esters is 1. The number of carbonyl (C=O) groups is 2. The Balaban J connectivity index is 1.50. The molecule has 4 aromatic rings. The lowest BCUT2D eigenvalue weighted by Gasteiger charge is -2.06. The molecule has 1 heterocycles. The molecule has 178 valence electrons. The molecular formula is C27H24N2O6. The summed E-state index contributed by atoms with van der Waals surface area (Å²) in [6, 6.07) is 21.6. The van der Waals surface area contributed by atoms with Crippen molar-refractivity contribution in [3.8, 4) is 22.8 Å². The van der Waals surface area contributed by atoms with Crippen LogP contribution in [0.15, 0.2) is 82.3 Å². The Morgan fingerprint density at radius 1 is 1.03 bits per heavy atom. The fourth-order valence-corrected chi connectivity index (χ4v) is 3.49. The molecule has 0 unspecified atom stereocenters. The third kappa shape index (κ3) is 5.50. The van der Waals surface area contributed by atoms with E-state index in [1.54, 1.807) is 38.3 Å². The summed E-state index contributed by atoms with van der Waals surface area (Å²) >= 11 is 0. The van der Waals surface area contributed by atoms with E-state index < -0.39 is 11.9 Å². The lowest BCUT2D eigenvalue weighted by molar-refractivity contribution is -0.123. The Morgan fingerprint density at radius 3 is 2.57 bits per heavy atom. The van der Waals surface area contributed by atoms with Gasteiger partial charge in [0.1, 0.15) is 28.4 Å². The molecule has 0 atom stereocenters. The van der Waals surface area contributed by atoms with Crippen LogP contribution >= 0.6 is 0 Å². The second-order valence-corrected chi connectivity index (χ2v) is 7.37. The van der Waals surface area contributed by atoms with Gasteiger partial charge in [0.25, 0.3) is 5.91 Å². The summed E-state index contributed by atoms with van der Waals surface area (Å²) in [5, 5.41) is 4.48. The van der Waals surface area contributed by atoms with Gasteiger partial charge in [-0.1, -0.05) is 42.5 Å². The summed E-state index contributed by atoms with van der Waals surface area (Å²) in [7, 11) is 1.56. The topological polar surface area (TPSA) is 99.4 Å². The van der Waals surface area contributed by atoms with Crippen LogP contribution in [-0.2, 0) is 9.53 Å². The molecule has 4 rings (SSSR count). The number of nitrogens with one attached hydrogen (secondary N) is 1. The zero-order chi connectivity index (χ0) is 24.6. The number of fused-ring (bicyclic) bond motifs is 1. The molecule has 0 spiro atoms. The van der Waals surface area contributed by atoms with E-state index in [2.05, 4.69) is 10.5 Å². The number of benzene rings is 3. The first-order valence-electron chi connectivity index (χ1n) is 11.0. The van der Waals surface area contributed by atoms with Crippen LogP contribution in [0, 0.1) is 0 Å². The molecule has 3 aromatic carbocycles. The molecule has 0 bridgehead atoms. The summed E-state index contributed by atoms with van der Waals surface area (Å²) in [6.45, 7) is 1.70. The third-order valence-electron chi connectivity index (χ3n) is 5.08. The highest BCUT2D eigenvalue weighted by atomic mass is 16.5. The minimum Gasteiger partial charge on any atom is -0.496 e. The van der Waals surface area contributed by atoms with Crippen molar-refractivity contribution in [1.29, 1.82) is 0 Å². The van der Waals surface area contributed by atoms with Gasteiger partial charge in [0, 0.05) is 16.5 Å². The Bertz CT molecular complexity index is 1360. The van der Waals surface area contributed by atoms with Gasteiger partial charge in [0.15, 0.2) is 6.61 Å². The highest BCUT2D eigenvalue weighted by molar-refractivity contribution is 6.09. The fraction of sp³-hybridized carbons (Fsp3) is 0.148. The number of ether oxygens (including phenoxy) is 3. The van der Waals surface area contributed by atoms with Gasteiger partial charge in [-0.25, -0.2) is 10.2 Å². The van der Waals surface area contributed by atoms with Crippen molar-refractivity contribution < 1.29 is 28.2 Å². The second-order valence-electron chi connectivity index (χ2n) is 7.37. The highest BCUT2D eigenvalue weighted by Gasteiger charge is 2.23. The van der Waals surface area contributed by atoms with Crippen molar-refractivity contribution in [3.05, 3.63) is 83.9 Å². The number of methoxy groups -OCH3 is 1. The number of para-hydroxylation sites is 1. The quantitative estimate of drug-likeness (QED) is 0.213. The lowest BCUT2D eigenvalue weighted by Crippen LogP contribution is -2.24. The zero-order valence-corrected chi connectivity index (χ0v) is 19.3. The van der Waals surface area contributed by atoms with Gasteiger partial charge in [-0.05, 0) is 37.3 Å². The Morgan fingerprint density at radius 2 is 1.80 bits per heavy atom. The Labute approximate surface area is 202 Å². The van der Waals surface area contributed by atoms with Crippen LogP contribution in [0.2, 0.25) is 0 Å². The van der Waals surface area contributed by atoms with E-state index in [0.717, 1.165) is 11.1 Å². The molecule has 0 saturated heterocycles. The molecule has 1 N–H and O–H groups in total. The Kier molecular flexibility index (Phi) is 7.42. The lowest BCUT2D eigenvalue weighted by atomic mass is 10.1. The number of carbonyl (C=O) groups excluding carboxylic acids is 2. The van der Waals surface area contributed by atoms with Gasteiger partial charge in [0.05, 0.1) is 19.9 Å². The van der Waals surface area contributed by atoms with Gasteiger partial charge >= 0.3 is 5.97 Å². The fourth-order valence-electron chi connectivity index (χ4n) is 3.49. The molecule has 0 saturated carbocycles. The van der Waals surface area contributed by atoms with Gasteiger partial charge < -0.3 is 18.6 Å². The maximum absolute atomic E-state index is 12.8. The molecule has 0 aliphatic heterocycles. The van der Waals surface area contributed by atoms with Crippen molar-refractivity contribution in [1.82, 2.24) is 5.43 Å². The first-order chi connectivity index (χ1) is 17.1. The number of rotatable bonds is 9. The van der Waals surface area contributed by atoms with Crippen LogP contribution < -0.4 is 14.9 Å².